The van der Waals surface area contributed by atoms with Crippen LogP contribution in [0.15, 0.2) is 216 Å². The number of aromatic hydroxyl groups is 1. The summed E-state index contributed by atoms with van der Waals surface area (Å²) in [6.07, 6.45) is 74.2. The van der Waals surface area contributed by atoms with Crippen molar-refractivity contribution < 1.29 is 76.7 Å². The molecule has 4 rings (SSSR count). The van der Waals surface area contributed by atoms with Gasteiger partial charge >= 0.3 is 50.9 Å². The summed E-state index contributed by atoms with van der Waals surface area (Å²) < 4.78 is 24.7. The third-order valence-electron chi connectivity index (χ3n) is 15.7. The Balaban J connectivity index is 0.00000149. The van der Waals surface area contributed by atoms with Crippen molar-refractivity contribution in [1.29, 1.82) is 0 Å². The van der Waals surface area contributed by atoms with Crippen molar-refractivity contribution in [2.45, 2.75) is 207 Å². The number of aliphatic imine (C=N–C) groups is 2. The predicted molar refractivity (Wildman–Crippen MR) is 470 cm³/mol. The number of nitrogens with one attached hydrogen (secondary N) is 2. The number of benzene rings is 2. The molecule has 0 fully saturated rings. The van der Waals surface area contributed by atoms with E-state index >= 15 is 0 Å². The van der Waals surface area contributed by atoms with Crippen molar-refractivity contribution in [1.82, 2.24) is 0 Å². The van der Waals surface area contributed by atoms with Crippen LogP contribution in [0.2, 0.25) is 0 Å². The van der Waals surface area contributed by atoms with Crippen molar-refractivity contribution >= 4 is 133 Å². The third kappa shape index (κ3) is 55.8. The quantitative estimate of drug-likeness (QED) is 0.00811. The van der Waals surface area contributed by atoms with Gasteiger partial charge in [0.05, 0.1) is 18.5 Å². The Morgan fingerprint density at radius 2 is 0.708 bits per heavy atom. The molecule has 2 aromatic carbocycles. The topological polar surface area (TPSA) is 286 Å². The summed E-state index contributed by atoms with van der Waals surface area (Å²) in [6, 6.07) is 9.45. The van der Waals surface area contributed by atoms with Gasteiger partial charge in [-0.15, -0.1) is 47.3 Å². The van der Waals surface area contributed by atoms with Gasteiger partial charge in [-0.1, -0.05) is 201 Å². The smallest absolute Gasteiger partial charge is 0.369 e. The lowest BCUT2D eigenvalue weighted by atomic mass is 10.0. The predicted octanol–water partition coefficient (Wildman–Crippen LogP) is 21.6. The average molecular weight is 1750 g/mol. The molecule has 614 valence electrons. The van der Waals surface area contributed by atoms with Gasteiger partial charge in [0.1, 0.15) is 33.8 Å². The van der Waals surface area contributed by atoms with Crippen molar-refractivity contribution in [3.8, 4) is 11.5 Å². The highest BCUT2D eigenvalue weighted by atomic mass is 79.9. The first kappa shape index (κ1) is 104. The number of halogens is 3. The average Bonchev–Trinajstić information content (AvgIpc) is 0.860. The largest absolute Gasteiger partial charge is 0.507 e. The molecular weight excluding hydrogens is 1630 g/mol. The van der Waals surface area contributed by atoms with Crippen LogP contribution < -0.4 is 15.4 Å². The molecule has 0 bridgehead atoms. The molecule has 0 amide bonds. The monoisotopic (exact) mass is 1750 g/mol. The molecular formula is C89H118BBr3N4O16. The van der Waals surface area contributed by atoms with Crippen molar-refractivity contribution in [3.05, 3.63) is 217 Å². The zero-order valence-electron chi connectivity index (χ0n) is 67.5. The molecule has 2 aliphatic carbocycles. The van der Waals surface area contributed by atoms with E-state index in [1.807, 2.05) is 12.2 Å². The normalized spacial score (nSPS) is 13.3. The number of phenolic OH excluding ortho intramolecular Hbond substituents is 1. The van der Waals surface area contributed by atoms with Gasteiger partial charge in [-0.25, -0.2) is 19.2 Å². The highest BCUT2D eigenvalue weighted by molar-refractivity contribution is 9.69. The van der Waals surface area contributed by atoms with Gasteiger partial charge in [0.25, 0.3) is 0 Å². The summed E-state index contributed by atoms with van der Waals surface area (Å²) in [5, 5.41) is 15.7. The first-order valence-corrected chi connectivity index (χ1v) is 41.4. The van der Waals surface area contributed by atoms with Crippen LogP contribution in [0.1, 0.15) is 228 Å². The molecule has 3 N–H and O–H groups in total. The molecule has 0 aliphatic heterocycles. The van der Waals surface area contributed by atoms with Crippen LogP contribution in [0.4, 0.5) is 11.4 Å². The second kappa shape index (κ2) is 70.6. The number of methoxy groups -OCH3 is 1. The van der Waals surface area contributed by atoms with E-state index < -0.39 is 59.3 Å². The molecule has 0 radical (unpaired) electrons. The number of hydrogen-bond acceptors (Lipinski definition) is 20. The Morgan fingerprint density at radius 3 is 1.03 bits per heavy atom. The van der Waals surface area contributed by atoms with E-state index in [0.29, 0.717) is 48.5 Å². The van der Waals surface area contributed by atoms with Crippen LogP contribution in [-0.2, 0) is 57.3 Å². The van der Waals surface area contributed by atoms with E-state index in [1.165, 1.54) is 55.7 Å². The van der Waals surface area contributed by atoms with Crippen LogP contribution in [0.5, 0.6) is 11.5 Å². The number of ketones is 2. The van der Waals surface area contributed by atoms with Crippen LogP contribution in [-0.4, -0.2) is 114 Å². The zero-order chi connectivity index (χ0) is 83.9. The fraction of sp³-hybridized carbons (Fsp3) is 0.416. The molecule has 20 nitrogen and oxygen atoms in total. The standard InChI is InChI=1S/C29H39NO4.C28H37NO4.2C16H21NO4.BBr3/c1-4-5-6-7-8-9-10-11-12-13-14-15-16-17-18-19-20-21-28(31)34-29(32)26-23-22-25(30-2)24-27(26)33-3;1-3-4-5-6-7-8-9-10-11-12-13-14-15-16-17-18-19-20-27(31)33-28(32)25-22-21-24(29-2)23-26(25)30;2*1-3-4-5-6-7-8-15(19)21-16(20)13-11-12(17-2)9-10-14(13)18;2-1(3)4/h5-6,8-9,11-12,14-15,17-18,22-24,30H,4,7,10,13,16,19-21H2,1-3H3;4-5,7-8,10-11,13-14,16-17,21-23,29-30H,3,6,9,12,15,18-20H2,1-2H3;2*9-11H,3-8H2,1-2H3;/b6-5-,9-8-,12-11-,15-14-,18-17-;5-4-,8-7-,11-10-,14-13-,17-16-;;;. The van der Waals surface area contributed by atoms with Crippen LogP contribution in [0.25, 0.3) is 0 Å². The fourth-order valence-electron chi connectivity index (χ4n) is 9.56. The van der Waals surface area contributed by atoms with E-state index in [4.69, 9.17) is 23.7 Å². The summed E-state index contributed by atoms with van der Waals surface area (Å²) >= 11 is 9.31. The number of nitrogens with zero attached hydrogens (tertiary/aromatic N) is 2. The van der Waals surface area contributed by atoms with Gasteiger partial charge in [0, 0.05) is 77.4 Å². The summed E-state index contributed by atoms with van der Waals surface area (Å²) in [4.78, 5) is 126. The number of phenols is 1. The van der Waals surface area contributed by atoms with Crippen LogP contribution >= 0.6 is 47.3 Å². The number of esters is 8. The van der Waals surface area contributed by atoms with Gasteiger partial charge in [-0.2, -0.15) is 0 Å². The first-order chi connectivity index (χ1) is 54.6. The maximum absolute atomic E-state index is 12.2. The molecule has 0 saturated heterocycles. The second-order valence-electron chi connectivity index (χ2n) is 24.8. The van der Waals surface area contributed by atoms with Crippen molar-refractivity contribution in [2.24, 2.45) is 9.98 Å². The van der Waals surface area contributed by atoms with E-state index in [9.17, 15) is 53.1 Å². The van der Waals surface area contributed by atoms with Gasteiger partial charge in [-0.3, -0.25) is 38.8 Å². The Hall–Kier alpha value is -9.26. The number of carbonyl (C=O) groups excluding carboxylic acids is 10. The first-order valence-electron chi connectivity index (χ1n) is 38.7. The zero-order valence-corrected chi connectivity index (χ0v) is 72.2. The van der Waals surface area contributed by atoms with Crippen LogP contribution in [0.3, 0.4) is 0 Å². The molecule has 0 heterocycles. The highest BCUT2D eigenvalue weighted by Gasteiger charge is 2.25. The number of hydrogen-bond donors (Lipinski definition) is 3. The van der Waals surface area contributed by atoms with Crippen molar-refractivity contribution in [2.75, 3.05) is 45.9 Å². The Bertz CT molecular complexity index is 3660. The molecule has 0 saturated carbocycles. The molecule has 24 heteroatoms. The minimum atomic E-state index is -0.899. The van der Waals surface area contributed by atoms with Gasteiger partial charge in [-0.05, 0) is 163 Å². The maximum Gasteiger partial charge on any atom is 0.369 e. The van der Waals surface area contributed by atoms with Crippen molar-refractivity contribution in [3.63, 3.8) is 0 Å². The Labute approximate surface area is 696 Å². The number of allylic oxidation sites excluding steroid dienone is 26. The molecule has 113 heavy (non-hydrogen) atoms. The Morgan fingerprint density at radius 1 is 0.407 bits per heavy atom. The van der Waals surface area contributed by atoms with Gasteiger partial charge < -0.3 is 39.4 Å². The minimum absolute atomic E-state index is 0.0276. The number of unbranched alkanes of at least 4 members (excludes halogenated alkanes) is 10. The summed E-state index contributed by atoms with van der Waals surface area (Å²) in [6.45, 7) is 8.51. The fourth-order valence-corrected chi connectivity index (χ4v) is 9.56. The minimum Gasteiger partial charge on any atom is -0.507 e. The third-order valence-corrected chi connectivity index (χ3v) is 15.7. The van der Waals surface area contributed by atoms with E-state index in [-0.39, 0.29) is 56.9 Å². The van der Waals surface area contributed by atoms with E-state index in [0.717, 1.165) is 134 Å². The van der Waals surface area contributed by atoms with Gasteiger partial charge in [0.15, 0.2) is 11.6 Å². The molecule has 0 unspecified atom stereocenters. The SMILES string of the molecule is BrB(Br)Br.CC/C=C\C/C=C\C/C=C\C/C=C\C/C=C\CCCC(=O)OC(=O)c1ccc(NC)cc1O.CC/C=C\C/C=C\C/C=C\C/C=C\C/C=C\CCCC(=O)OC(=O)c1ccc(NC)cc1OC.CCCCCCCC(=O)OC(=O)C1=CC(=NC)C=CC1=O.CCCCCCCC(=O)OC(=O)C1=CC(=NC)C=CC1=O. The van der Waals surface area contributed by atoms with Gasteiger partial charge in [0.2, 0.25) is 0 Å². The number of anilines is 2. The maximum atomic E-state index is 12.2. The summed E-state index contributed by atoms with van der Waals surface area (Å²) in [5.41, 5.74) is 2.34. The lowest BCUT2D eigenvalue weighted by molar-refractivity contribution is -0.159. The highest BCUT2D eigenvalue weighted by Crippen LogP contribution is 2.25. The Kier molecular flexibility index (Phi) is 64.8. The van der Waals surface area contributed by atoms with E-state index in [1.54, 1.807) is 52.5 Å². The molecule has 0 atom stereocenters. The van der Waals surface area contributed by atoms with Crippen LogP contribution in [0, 0.1) is 0 Å². The second-order valence-corrected chi connectivity index (χ2v) is 31.2. The lowest BCUT2D eigenvalue weighted by Crippen LogP contribution is -2.21. The number of rotatable bonds is 45. The number of carbonyl (C=O) groups is 10. The van der Waals surface area contributed by atoms with E-state index in [2.05, 4.69) is 205 Å². The molecule has 0 spiro atoms. The summed E-state index contributed by atoms with van der Waals surface area (Å²) in [7, 11) is 8.05. The molecule has 2 aliphatic rings. The molecule has 2 aromatic rings. The number of ether oxygens (including phenoxy) is 5. The summed E-state index contributed by atoms with van der Waals surface area (Å²) in [5.74, 6) is -6.43. The lowest BCUT2D eigenvalue weighted by Gasteiger charge is -2.09. The molecule has 0 aromatic heterocycles.